The summed E-state index contributed by atoms with van der Waals surface area (Å²) >= 11 is 0. The van der Waals surface area contributed by atoms with E-state index in [9.17, 15) is 24.0 Å². The van der Waals surface area contributed by atoms with Gasteiger partial charge in [0.05, 0.1) is 35.5 Å². The molecule has 0 bridgehead atoms. The van der Waals surface area contributed by atoms with Gasteiger partial charge in [0.25, 0.3) is 5.69 Å². The minimum absolute atomic E-state index is 0.00269. The number of piperazine rings is 1. The van der Waals surface area contributed by atoms with Gasteiger partial charge in [0, 0.05) is 57.0 Å². The molecule has 0 saturated carbocycles. The first-order valence-corrected chi connectivity index (χ1v) is 12.4. The zero-order chi connectivity index (χ0) is 27.4. The average Bonchev–Trinajstić information content (AvgIpc) is 3.57. The molecule has 14 heteroatoms. The third-order valence-corrected chi connectivity index (χ3v) is 6.77. The van der Waals surface area contributed by atoms with E-state index in [1.54, 1.807) is 29.1 Å². The van der Waals surface area contributed by atoms with Gasteiger partial charge in [0.15, 0.2) is 0 Å². The quantitative estimate of drug-likeness (QED) is 0.237. The minimum atomic E-state index is -1.66. The summed E-state index contributed by atoms with van der Waals surface area (Å²) < 4.78 is 31.3. The molecule has 5 rings (SSSR count). The highest BCUT2D eigenvalue weighted by atomic mass is 19.1. The third-order valence-electron chi connectivity index (χ3n) is 6.77. The number of hydrogen-bond donors (Lipinski definition) is 1. The number of benzene rings is 2. The van der Waals surface area contributed by atoms with Crippen LogP contribution in [0.15, 0.2) is 61.3 Å². The van der Waals surface area contributed by atoms with Crippen molar-refractivity contribution in [3.05, 3.63) is 99.9 Å². The molecule has 1 fully saturated rings. The minimum Gasteiger partial charge on any atom is -0.382 e. The summed E-state index contributed by atoms with van der Waals surface area (Å²) in [6.45, 7) is 3.40. The SMILES string of the molecule is O=[N+]([O-])c1ccccc1Cn1cc(CN2CCN(CC(O)(Cn3cncn3)c3ccc(F)cc3F)CC2)nn1. The number of nitrogens with zero attached hydrogens (tertiary/aromatic N) is 9. The number of β-amino-alcohol motifs (C(OH)–C–C–N with tert-alkyl or cyclic N) is 1. The van der Waals surface area contributed by atoms with E-state index >= 15 is 0 Å². The van der Waals surface area contributed by atoms with Crippen molar-refractivity contribution in [3.63, 3.8) is 0 Å². The topological polar surface area (TPSA) is 131 Å². The Hall–Kier alpha value is -4.14. The zero-order valence-corrected chi connectivity index (χ0v) is 21.0. The molecule has 0 aliphatic carbocycles. The Kier molecular flexibility index (Phi) is 7.67. The first kappa shape index (κ1) is 26.5. The summed E-state index contributed by atoms with van der Waals surface area (Å²) in [5.74, 6) is -1.54. The molecule has 1 saturated heterocycles. The van der Waals surface area contributed by atoms with E-state index < -0.39 is 22.2 Å². The van der Waals surface area contributed by atoms with Crippen molar-refractivity contribution in [3.8, 4) is 0 Å². The van der Waals surface area contributed by atoms with Crippen LogP contribution in [0.4, 0.5) is 14.5 Å². The Morgan fingerprint density at radius 2 is 1.77 bits per heavy atom. The highest BCUT2D eigenvalue weighted by Crippen LogP contribution is 2.28. The summed E-state index contributed by atoms with van der Waals surface area (Å²) in [4.78, 5) is 19.0. The van der Waals surface area contributed by atoms with Crippen LogP contribution in [0.1, 0.15) is 16.8 Å². The van der Waals surface area contributed by atoms with E-state index in [2.05, 4.69) is 25.3 Å². The lowest BCUT2D eigenvalue weighted by atomic mass is 9.92. The van der Waals surface area contributed by atoms with E-state index in [0.717, 1.165) is 17.8 Å². The van der Waals surface area contributed by atoms with Crippen LogP contribution < -0.4 is 0 Å². The van der Waals surface area contributed by atoms with E-state index in [1.165, 1.54) is 29.5 Å². The molecule has 1 aliphatic heterocycles. The van der Waals surface area contributed by atoms with Crippen LogP contribution in [0, 0.1) is 21.7 Å². The monoisotopic (exact) mass is 539 g/mol. The Morgan fingerprint density at radius 1 is 1.00 bits per heavy atom. The molecule has 0 spiro atoms. The Balaban J connectivity index is 1.20. The van der Waals surface area contributed by atoms with Gasteiger partial charge >= 0.3 is 0 Å². The Labute approximate surface area is 222 Å². The van der Waals surface area contributed by atoms with E-state index in [1.807, 2.05) is 4.90 Å². The predicted octanol–water partition coefficient (Wildman–Crippen LogP) is 1.81. The van der Waals surface area contributed by atoms with Crippen molar-refractivity contribution in [2.45, 2.75) is 25.2 Å². The van der Waals surface area contributed by atoms with Gasteiger partial charge in [-0.3, -0.25) is 19.9 Å². The first-order chi connectivity index (χ1) is 18.8. The third kappa shape index (κ3) is 6.30. The maximum Gasteiger partial charge on any atom is 0.274 e. The van der Waals surface area contributed by atoms with Crippen LogP contribution in [-0.2, 0) is 25.2 Å². The molecular weight excluding hydrogens is 512 g/mol. The Bertz CT molecular complexity index is 1420. The van der Waals surface area contributed by atoms with Crippen LogP contribution in [0.5, 0.6) is 0 Å². The maximum atomic E-state index is 14.7. The van der Waals surface area contributed by atoms with Crippen LogP contribution in [0.2, 0.25) is 0 Å². The van der Waals surface area contributed by atoms with Crippen LogP contribution in [-0.4, -0.2) is 82.3 Å². The largest absolute Gasteiger partial charge is 0.382 e. The lowest BCUT2D eigenvalue weighted by molar-refractivity contribution is -0.385. The fourth-order valence-electron chi connectivity index (χ4n) is 4.86. The Morgan fingerprint density at radius 3 is 2.49 bits per heavy atom. The second-order valence-electron chi connectivity index (χ2n) is 9.59. The lowest BCUT2D eigenvalue weighted by Crippen LogP contribution is -2.52. The van der Waals surface area contributed by atoms with Gasteiger partial charge in [-0.15, -0.1) is 5.10 Å². The van der Waals surface area contributed by atoms with Gasteiger partial charge in [0.1, 0.15) is 29.9 Å². The fourth-order valence-corrected chi connectivity index (χ4v) is 4.86. The molecule has 4 aromatic rings. The summed E-state index contributed by atoms with van der Waals surface area (Å²) in [6.07, 6.45) is 4.54. The molecule has 2 aromatic heterocycles. The second kappa shape index (κ2) is 11.3. The number of nitro benzene ring substituents is 1. The molecule has 2 aromatic carbocycles. The highest BCUT2D eigenvalue weighted by molar-refractivity contribution is 5.39. The van der Waals surface area contributed by atoms with Crippen molar-refractivity contribution < 1.29 is 18.8 Å². The molecule has 1 aliphatic rings. The zero-order valence-electron chi connectivity index (χ0n) is 21.0. The number of hydrogen-bond acceptors (Lipinski definition) is 9. The molecule has 3 heterocycles. The molecule has 1 atom stereocenters. The summed E-state index contributed by atoms with van der Waals surface area (Å²) in [7, 11) is 0. The number of halogens is 2. The smallest absolute Gasteiger partial charge is 0.274 e. The normalized spacial score (nSPS) is 16.3. The second-order valence-corrected chi connectivity index (χ2v) is 9.59. The van der Waals surface area contributed by atoms with Crippen molar-refractivity contribution in [1.29, 1.82) is 0 Å². The van der Waals surface area contributed by atoms with Crippen LogP contribution in [0.3, 0.4) is 0 Å². The van der Waals surface area contributed by atoms with Gasteiger partial charge < -0.3 is 5.11 Å². The molecule has 39 heavy (non-hydrogen) atoms. The van der Waals surface area contributed by atoms with Crippen LogP contribution >= 0.6 is 0 Å². The number of nitro groups is 1. The predicted molar refractivity (Wildman–Crippen MR) is 134 cm³/mol. The summed E-state index contributed by atoms with van der Waals surface area (Å²) in [5.41, 5.74) is -0.343. The van der Waals surface area contributed by atoms with Crippen molar-refractivity contribution in [2.24, 2.45) is 0 Å². The molecule has 0 radical (unpaired) electrons. The number of aromatic nitrogens is 6. The molecule has 1 unspecified atom stereocenters. The highest BCUT2D eigenvalue weighted by Gasteiger charge is 2.36. The van der Waals surface area contributed by atoms with Crippen molar-refractivity contribution in [1.82, 2.24) is 39.6 Å². The fraction of sp³-hybridized carbons (Fsp3) is 0.360. The van der Waals surface area contributed by atoms with Crippen molar-refractivity contribution >= 4 is 5.69 Å². The lowest BCUT2D eigenvalue weighted by Gasteiger charge is -2.39. The molecular formula is C25H27F2N9O3. The van der Waals surface area contributed by atoms with Gasteiger partial charge in [0.2, 0.25) is 0 Å². The number of aliphatic hydroxyl groups is 1. The van der Waals surface area contributed by atoms with Gasteiger partial charge in [-0.05, 0) is 6.07 Å². The first-order valence-electron chi connectivity index (χ1n) is 12.4. The summed E-state index contributed by atoms with van der Waals surface area (Å²) in [6, 6.07) is 9.70. The van der Waals surface area contributed by atoms with E-state index in [4.69, 9.17) is 0 Å². The maximum absolute atomic E-state index is 14.7. The molecule has 12 nitrogen and oxygen atoms in total. The van der Waals surface area contributed by atoms with Gasteiger partial charge in [-0.25, -0.2) is 23.1 Å². The van der Waals surface area contributed by atoms with Gasteiger partial charge in [-0.1, -0.05) is 29.5 Å². The molecule has 204 valence electrons. The average molecular weight is 540 g/mol. The standard InChI is InChI=1S/C25H27F2N9O3/c26-20-5-6-22(23(27)11-20)25(37,16-35-18-28-17-29-35)15-33-9-7-32(8-10-33)13-21-14-34(31-30-21)12-19-3-1-2-4-24(19)36(38)39/h1-6,11,14,17-18,37H,7-10,12-13,15-16H2. The summed E-state index contributed by atoms with van der Waals surface area (Å²) in [5, 5.41) is 35.2. The van der Waals surface area contributed by atoms with E-state index in [-0.39, 0.29) is 30.9 Å². The van der Waals surface area contributed by atoms with Crippen LogP contribution in [0.25, 0.3) is 0 Å². The molecule has 1 N–H and O–H groups in total. The number of para-hydroxylation sites is 1. The van der Waals surface area contributed by atoms with Crippen molar-refractivity contribution in [2.75, 3.05) is 32.7 Å². The van der Waals surface area contributed by atoms with Gasteiger partial charge in [-0.2, -0.15) is 5.10 Å². The molecule has 0 amide bonds. The van der Waals surface area contributed by atoms with E-state index in [0.29, 0.717) is 38.3 Å². The number of rotatable bonds is 10.